The number of nitriles is 1. The van der Waals surface area contributed by atoms with Crippen LogP contribution in [-0.2, 0) is 27.5 Å². The monoisotopic (exact) mass is 377 g/mol. The van der Waals surface area contributed by atoms with Crippen LogP contribution >= 0.6 is 0 Å². The lowest BCUT2D eigenvalue weighted by Crippen LogP contribution is -2.14. The van der Waals surface area contributed by atoms with Gasteiger partial charge in [0.15, 0.2) is 0 Å². The Hall–Kier alpha value is -2.26. The van der Waals surface area contributed by atoms with Gasteiger partial charge in [-0.25, -0.2) is 8.78 Å². The van der Waals surface area contributed by atoms with E-state index in [9.17, 15) is 13.6 Å². The molecule has 2 atom stereocenters. The van der Waals surface area contributed by atoms with Gasteiger partial charge in [0.05, 0.1) is 18.6 Å². The second kappa shape index (κ2) is 7.77. The first-order valence-corrected chi connectivity index (χ1v) is 8.77. The molecular formula is C21H25F2NO3. The van der Waals surface area contributed by atoms with Gasteiger partial charge < -0.3 is 9.47 Å². The average Bonchev–Trinajstić information content (AvgIpc) is 3.16. The number of carbonyl (C=O) groups is 1. The number of carbonyl (C=O) groups excluding carboxylic acids is 1. The quantitative estimate of drug-likeness (QED) is 0.540. The third kappa shape index (κ3) is 3.89. The summed E-state index contributed by atoms with van der Waals surface area (Å²) in [5, 5.41) is 8.92. The number of hydrogen-bond donors (Lipinski definition) is 0. The Morgan fingerprint density at radius 2 is 1.74 bits per heavy atom. The molecule has 0 saturated heterocycles. The maximum Gasteiger partial charge on any atom is 0.310 e. The van der Waals surface area contributed by atoms with Gasteiger partial charge in [-0.1, -0.05) is 19.9 Å². The van der Waals surface area contributed by atoms with E-state index in [1.165, 1.54) is 21.0 Å². The van der Waals surface area contributed by atoms with Gasteiger partial charge in [0.2, 0.25) is 0 Å². The SMILES string of the molecule is COCc1c(F)c(C)c(COC(=O)[C@@H]2[C@@H](C=C(C)C#N)C2(C)C)c(C)c1F. The van der Waals surface area contributed by atoms with Crippen LogP contribution in [0.2, 0.25) is 0 Å². The average molecular weight is 377 g/mol. The Labute approximate surface area is 158 Å². The maximum absolute atomic E-state index is 14.5. The summed E-state index contributed by atoms with van der Waals surface area (Å²) in [6.07, 6.45) is 1.78. The van der Waals surface area contributed by atoms with E-state index in [-0.39, 0.29) is 47.2 Å². The van der Waals surface area contributed by atoms with Gasteiger partial charge in [0.25, 0.3) is 0 Å². The van der Waals surface area contributed by atoms with E-state index in [4.69, 9.17) is 14.7 Å². The highest BCUT2D eigenvalue weighted by Crippen LogP contribution is 2.59. The molecule has 0 radical (unpaired) electrons. The molecule has 146 valence electrons. The minimum absolute atomic E-state index is 0.0793. The highest BCUT2D eigenvalue weighted by molar-refractivity contribution is 5.78. The van der Waals surface area contributed by atoms with Crippen molar-refractivity contribution >= 4 is 5.97 Å². The zero-order chi connectivity index (χ0) is 20.5. The van der Waals surface area contributed by atoms with Crippen LogP contribution in [0.25, 0.3) is 0 Å². The molecule has 0 spiro atoms. The lowest BCUT2D eigenvalue weighted by molar-refractivity contribution is -0.147. The molecule has 0 aliphatic heterocycles. The van der Waals surface area contributed by atoms with E-state index in [0.717, 1.165) is 0 Å². The van der Waals surface area contributed by atoms with Crippen LogP contribution in [0.3, 0.4) is 0 Å². The highest BCUT2D eigenvalue weighted by Gasteiger charge is 2.61. The molecule has 1 saturated carbocycles. The van der Waals surface area contributed by atoms with Crippen molar-refractivity contribution in [1.82, 2.24) is 0 Å². The number of ether oxygens (including phenoxy) is 2. The van der Waals surface area contributed by atoms with Gasteiger partial charge in [-0.05, 0) is 43.2 Å². The van der Waals surface area contributed by atoms with Crippen molar-refractivity contribution in [2.75, 3.05) is 7.11 Å². The van der Waals surface area contributed by atoms with Crippen molar-refractivity contribution in [1.29, 1.82) is 5.26 Å². The minimum atomic E-state index is -0.678. The van der Waals surface area contributed by atoms with Crippen LogP contribution in [0.1, 0.15) is 43.0 Å². The van der Waals surface area contributed by atoms with E-state index in [1.54, 1.807) is 13.0 Å². The van der Waals surface area contributed by atoms with E-state index in [1.807, 2.05) is 19.9 Å². The lowest BCUT2D eigenvalue weighted by atomic mass is 9.98. The molecule has 1 aromatic rings. The summed E-state index contributed by atoms with van der Waals surface area (Å²) >= 11 is 0. The van der Waals surface area contributed by atoms with Gasteiger partial charge in [0.1, 0.15) is 18.2 Å². The Morgan fingerprint density at radius 1 is 1.19 bits per heavy atom. The Morgan fingerprint density at radius 3 is 2.22 bits per heavy atom. The number of esters is 1. The third-order valence-corrected chi connectivity index (χ3v) is 5.51. The lowest BCUT2D eigenvalue weighted by Gasteiger charge is -2.16. The molecule has 0 heterocycles. The summed E-state index contributed by atoms with van der Waals surface area (Å²) in [4.78, 5) is 12.5. The Bertz CT molecular complexity index is 808. The largest absolute Gasteiger partial charge is 0.461 e. The van der Waals surface area contributed by atoms with Crippen molar-refractivity contribution in [2.45, 2.75) is 47.8 Å². The molecule has 2 rings (SSSR count). The van der Waals surface area contributed by atoms with E-state index >= 15 is 0 Å². The molecular weight excluding hydrogens is 352 g/mol. The summed E-state index contributed by atoms with van der Waals surface area (Å²) in [7, 11) is 1.37. The number of hydrogen-bond acceptors (Lipinski definition) is 4. The second-order valence-corrected chi connectivity index (χ2v) is 7.66. The summed E-state index contributed by atoms with van der Waals surface area (Å²) < 4.78 is 39.2. The molecule has 4 nitrogen and oxygen atoms in total. The predicted octanol–water partition coefficient (Wildman–Crippen LogP) is 4.51. The van der Waals surface area contributed by atoms with E-state index in [0.29, 0.717) is 11.1 Å². The van der Waals surface area contributed by atoms with Gasteiger partial charge in [0, 0.05) is 23.8 Å². The third-order valence-electron chi connectivity index (χ3n) is 5.51. The number of benzene rings is 1. The summed E-state index contributed by atoms with van der Waals surface area (Å²) in [6.45, 7) is 8.26. The van der Waals surface area contributed by atoms with Crippen molar-refractivity contribution in [3.05, 3.63) is 45.5 Å². The molecule has 0 aromatic heterocycles. The van der Waals surface area contributed by atoms with Gasteiger partial charge in [-0.15, -0.1) is 0 Å². The molecule has 6 heteroatoms. The van der Waals surface area contributed by atoms with Crippen molar-refractivity contribution < 1.29 is 23.0 Å². The van der Waals surface area contributed by atoms with E-state index < -0.39 is 17.6 Å². The zero-order valence-electron chi connectivity index (χ0n) is 16.6. The molecule has 0 unspecified atom stereocenters. The standard InChI is InChI=1S/C21H25F2NO3/c1-11(8-24)7-16-17(21(16,4)5)20(25)27-10-14-12(2)18(22)15(9-26-6)19(23)13(14)3/h7,16-17H,9-10H2,1-6H3/t16-,17+/m1/s1. The van der Waals surface area contributed by atoms with Gasteiger partial charge >= 0.3 is 5.97 Å². The highest BCUT2D eigenvalue weighted by atomic mass is 19.1. The minimum Gasteiger partial charge on any atom is -0.461 e. The number of methoxy groups -OCH3 is 1. The molecule has 0 N–H and O–H groups in total. The van der Waals surface area contributed by atoms with Crippen LogP contribution in [0.4, 0.5) is 8.78 Å². The first kappa shape index (κ1) is 21.0. The number of halogens is 2. The summed E-state index contributed by atoms with van der Waals surface area (Å²) in [5.74, 6) is -2.23. The summed E-state index contributed by atoms with van der Waals surface area (Å²) in [6, 6.07) is 2.05. The number of rotatable bonds is 6. The first-order valence-electron chi connectivity index (χ1n) is 8.77. The maximum atomic E-state index is 14.5. The van der Waals surface area contributed by atoms with Crippen molar-refractivity contribution in [3.63, 3.8) is 0 Å². The molecule has 27 heavy (non-hydrogen) atoms. The fraction of sp³-hybridized carbons (Fsp3) is 0.524. The zero-order valence-corrected chi connectivity index (χ0v) is 16.6. The van der Waals surface area contributed by atoms with Crippen LogP contribution in [0.15, 0.2) is 11.6 Å². The van der Waals surface area contributed by atoms with Gasteiger partial charge in [-0.2, -0.15) is 5.26 Å². The molecule has 0 amide bonds. The summed E-state index contributed by atoms with van der Waals surface area (Å²) in [5.41, 5.74) is 0.951. The van der Waals surface area contributed by atoms with Crippen molar-refractivity contribution in [3.8, 4) is 6.07 Å². The predicted molar refractivity (Wildman–Crippen MR) is 96.5 cm³/mol. The van der Waals surface area contributed by atoms with Crippen LogP contribution in [0, 0.1) is 54.1 Å². The topological polar surface area (TPSA) is 59.3 Å². The second-order valence-electron chi connectivity index (χ2n) is 7.66. The Kier molecular flexibility index (Phi) is 6.06. The molecule has 1 fully saturated rings. The fourth-order valence-corrected chi connectivity index (χ4v) is 3.56. The molecule has 1 aromatic carbocycles. The van der Waals surface area contributed by atoms with Crippen molar-refractivity contribution in [2.24, 2.45) is 17.3 Å². The van der Waals surface area contributed by atoms with Crippen LogP contribution < -0.4 is 0 Å². The van der Waals surface area contributed by atoms with E-state index in [2.05, 4.69) is 0 Å². The molecule has 1 aliphatic carbocycles. The van der Waals surface area contributed by atoms with Crippen LogP contribution in [-0.4, -0.2) is 13.1 Å². The van der Waals surface area contributed by atoms with Crippen LogP contribution in [0.5, 0.6) is 0 Å². The number of nitrogens with zero attached hydrogens (tertiary/aromatic N) is 1. The normalized spacial score (nSPS) is 20.9. The Balaban J connectivity index is 2.18. The molecule has 1 aliphatic rings. The number of allylic oxidation sites excluding steroid dienone is 2. The first-order chi connectivity index (χ1) is 12.6. The van der Waals surface area contributed by atoms with Gasteiger partial charge in [-0.3, -0.25) is 4.79 Å². The smallest absolute Gasteiger partial charge is 0.310 e. The molecule has 0 bridgehead atoms. The fourth-order valence-electron chi connectivity index (χ4n) is 3.56.